The molecule has 0 bridgehead atoms. The van der Waals surface area contributed by atoms with Gasteiger partial charge in [0.15, 0.2) is 0 Å². The third-order valence-corrected chi connectivity index (χ3v) is 4.73. The molecule has 1 heterocycles. The number of rotatable bonds is 4. The first-order chi connectivity index (χ1) is 13.2. The van der Waals surface area contributed by atoms with E-state index in [1.165, 1.54) is 0 Å². The molecule has 0 unspecified atom stereocenters. The molecule has 1 saturated heterocycles. The average molecular weight is 362 g/mol. The van der Waals surface area contributed by atoms with E-state index in [0.29, 0.717) is 38.0 Å². The Balaban J connectivity index is 1.43. The van der Waals surface area contributed by atoms with E-state index in [4.69, 9.17) is 5.26 Å². The van der Waals surface area contributed by atoms with Crippen molar-refractivity contribution >= 4 is 17.6 Å². The highest BCUT2D eigenvalue weighted by Gasteiger charge is 2.27. The van der Waals surface area contributed by atoms with E-state index < -0.39 is 0 Å². The molecule has 0 radical (unpaired) electrons. The van der Waals surface area contributed by atoms with Crippen molar-refractivity contribution in [1.82, 2.24) is 10.2 Å². The first kappa shape index (κ1) is 18.5. The number of nitrogens with zero attached hydrogens (tertiary/aromatic N) is 2. The molecular formula is C21H22N4O2. The first-order valence-corrected chi connectivity index (χ1v) is 9.03. The maximum absolute atomic E-state index is 12.4. The number of carbonyl (C=O) groups is 2. The number of urea groups is 1. The second-order valence-corrected chi connectivity index (χ2v) is 6.58. The standard InChI is InChI=1S/C21H22N4O2/c22-14-16-6-8-17(9-7-16)15-23-20(26)18-10-12-25(13-11-18)21(27)24-19-4-2-1-3-5-19/h1-9,18H,10-13,15H2,(H,23,26)(H,24,27). The molecule has 1 aliphatic rings. The van der Waals surface area contributed by atoms with Gasteiger partial charge in [-0.25, -0.2) is 4.79 Å². The SMILES string of the molecule is N#Cc1ccc(CNC(=O)C2CCN(C(=O)Nc3ccccc3)CC2)cc1. The predicted octanol–water partition coefficient (Wildman–Crippen LogP) is 3.12. The number of hydrogen-bond acceptors (Lipinski definition) is 3. The molecule has 6 nitrogen and oxygen atoms in total. The Kier molecular flexibility index (Phi) is 6.06. The van der Waals surface area contributed by atoms with Crippen molar-refractivity contribution in [1.29, 1.82) is 5.26 Å². The molecule has 1 aliphatic heterocycles. The Morgan fingerprint density at radius 2 is 1.70 bits per heavy atom. The lowest BCUT2D eigenvalue weighted by molar-refractivity contribution is -0.126. The van der Waals surface area contributed by atoms with Crippen molar-refractivity contribution in [2.45, 2.75) is 19.4 Å². The summed E-state index contributed by atoms with van der Waals surface area (Å²) in [6.45, 7) is 1.57. The minimum absolute atomic E-state index is 0.0162. The van der Waals surface area contributed by atoms with E-state index in [-0.39, 0.29) is 17.9 Å². The lowest BCUT2D eigenvalue weighted by atomic mass is 9.96. The van der Waals surface area contributed by atoms with E-state index >= 15 is 0 Å². The van der Waals surface area contributed by atoms with Crippen LogP contribution in [0, 0.1) is 17.2 Å². The van der Waals surface area contributed by atoms with Crippen molar-refractivity contribution in [3.8, 4) is 6.07 Å². The van der Waals surface area contributed by atoms with Gasteiger partial charge in [0.05, 0.1) is 11.6 Å². The van der Waals surface area contributed by atoms with Crippen LogP contribution in [0.3, 0.4) is 0 Å². The van der Waals surface area contributed by atoms with Crippen LogP contribution in [0.2, 0.25) is 0 Å². The highest BCUT2D eigenvalue weighted by molar-refractivity contribution is 5.89. The van der Waals surface area contributed by atoms with E-state index in [1.807, 2.05) is 42.5 Å². The minimum atomic E-state index is -0.127. The lowest BCUT2D eigenvalue weighted by Gasteiger charge is -2.31. The van der Waals surface area contributed by atoms with Crippen LogP contribution in [-0.2, 0) is 11.3 Å². The highest BCUT2D eigenvalue weighted by atomic mass is 16.2. The molecule has 0 spiro atoms. The monoisotopic (exact) mass is 362 g/mol. The maximum Gasteiger partial charge on any atom is 0.321 e. The molecule has 2 aromatic carbocycles. The molecule has 3 amide bonds. The van der Waals surface area contributed by atoms with Crippen LogP contribution in [0.25, 0.3) is 0 Å². The summed E-state index contributed by atoms with van der Waals surface area (Å²) < 4.78 is 0. The van der Waals surface area contributed by atoms with Crippen molar-refractivity contribution < 1.29 is 9.59 Å². The number of nitrogens with one attached hydrogen (secondary N) is 2. The van der Waals surface area contributed by atoms with Gasteiger partial charge in [-0.1, -0.05) is 30.3 Å². The smallest absolute Gasteiger partial charge is 0.321 e. The molecule has 0 aliphatic carbocycles. The van der Waals surface area contributed by atoms with E-state index in [1.54, 1.807) is 17.0 Å². The molecule has 1 fully saturated rings. The molecule has 0 aromatic heterocycles. The molecule has 27 heavy (non-hydrogen) atoms. The molecule has 2 aromatic rings. The second-order valence-electron chi connectivity index (χ2n) is 6.58. The lowest BCUT2D eigenvalue weighted by Crippen LogP contribution is -2.44. The fourth-order valence-electron chi connectivity index (χ4n) is 3.10. The fraction of sp³-hybridized carbons (Fsp3) is 0.286. The van der Waals surface area contributed by atoms with Gasteiger partial charge in [0.1, 0.15) is 0 Å². The van der Waals surface area contributed by atoms with Gasteiger partial charge < -0.3 is 15.5 Å². The molecule has 0 saturated carbocycles. The van der Waals surface area contributed by atoms with Crippen molar-refractivity contribution in [2.75, 3.05) is 18.4 Å². The average Bonchev–Trinajstić information content (AvgIpc) is 2.73. The van der Waals surface area contributed by atoms with Crippen LogP contribution in [0.5, 0.6) is 0 Å². The number of benzene rings is 2. The summed E-state index contributed by atoms with van der Waals surface area (Å²) in [6.07, 6.45) is 1.31. The Labute approximate surface area is 158 Å². The van der Waals surface area contributed by atoms with Crippen molar-refractivity contribution in [3.05, 3.63) is 65.7 Å². The summed E-state index contributed by atoms with van der Waals surface area (Å²) in [5.74, 6) is -0.0633. The van der Waals surface area contributed by atoms with Gasteiger partial charge in [-0.2, -0.15) is 5.26 Å². The topological polar surface area (TPSA) is 85.2 Å². The van der Waals surface area contributed by atoms with Gasteiger partial charge in [0.2, 0.25) is 5.91 Å². The predicted molar refractivity (Wildman–Crippen MR) is 103 cm³/mol. The van der Waals surface area contributed by atoms with Gasteiger partial charge in [0, 0.05) is 31.2 Å². The number of anilines is 1. The number of amides is 3. The highest BCUT2D eigenvalue weighted by Crippen LogP contribution is 2.19. The van der Waals surface area contributed by atoms with Crippen LogP contribution in [0.1, 0.15) is 24.0 Å². The van der Waals surface area contributed by atoms with E-state index in [2.05, 4.69) is 16.7 Å². The summed E-state index contributed by atoms with van der Waals surface area (Å²) in [5, 5.41) is 14.6. The number of nitriles is 1. The molecule has 6 heteroatoms. The van der Waals surface area contributed by atoms with Crippen LogP contribution in [0.15, 0.2) is 54.6 Å². The number of para-hydroxylation sites is 1. The van der Waals surface area contributed by atoms with Gasteiger partial charge in [-0.15, -0.1) is 0 Å². The Morgan fingerprint density at radius 3 is 2.33 bits per heavy atom. The van der Waals surface area contributed by atoms with Gasteiger partial charge in [-0.3, -0.25) is 4.79 Å². The van der Waals surface area contributed by atoms with Crippen molar-refractivity contribution in [3.63, 3.8) is 0 Å². The van der Waals surface area contributed by atoms with E-state index in [9.17, 15) is 9.59 Å². The molecule has 138 valence electrons. The zero-order valence-corrected chi connectivity index (χ0v) is 15.0. The Morgan fingerprint density at radius 1 is 1.04 bits per heavy atom. The molecule has 2 N–H and O–H groups in total. The summed E-state index contributed by atoms with van der Waals surface area (Å²) in [6, 6.07) is 18.5. The fourth-order valence-corrected chi connectivity index (χ4v) is 3.10. The summed E-state index contributed by atoms with van der Waals surface area (Å²) in [4.78, 5) is 26.4. The number of carbonyl (C=O) groups excluding carboxylic acids is 2. The van der Waals surface area contributed by atoms with Crippen LogP contribution in [-0.4, -0.2) is 29.9 Å². The molecular weight excluding hydrogens is 340 g/mol. The molecule has 3 rings (SSSR count). The third kappa shape index (κ3) is 5.08. The summed E-state index contributed by atoms with van der Waals surface area (Å²) in [5.41, 5.74) is 2.33. The number of likely N-dealkylation sites (tertiary alicyclic amines) is 1. The number of hydrogen-bond donors (Lipinski definition) is 2. The maximum atomic E-state index is 12.4. The van der Waals surface area contributed by atoms with Gasteiger partial charge in [0.25, 0.3) is 0 Å². The van der Waals surface area contributed by atoms with Gasteiger partial charge in [-0.05, 0) is 42.7 Å². The molecule has 0 atom stereocenters. The summed E-state index contributed by atoms with van der Waals surface area (Å²) >= 11 is 0. The normalized spacial score (nSPS) is 14.3. The quantitative estimate of drug-likeness (QED) is 0.876. The second kappa shape index (κ2) is 8.86. The largest absolute Gasteiger partial charge is 0.352 e. The Hall–Kier alpha value is -3.33. The minimum Gasteiger partial charge on any atom is -0.352 e. The van der Waals surface area contributed by atoms with Crippen LogP contribution < -0.4 is 10.6 Å². The number of piperidine rings is 1. The van der Waals surface area contributed by atoms with Gasteiger partial charge >= 0.3 is 6.03 Å². The van der Waals surface area contributed by atoms with Crippen molar-refractivity contribution in [2.24, 2.45) is 5.92 Å². The zero-order chi connectivity index (χ0) is 19.1. The van der Waals surface area contributed by atoms with Crippen LogP contribution >= 0.6 is 0 Å². The zero-order valence-electron chi connectivity index (χ0n) is 15.0. The third-order valence-electron chi connectivity index (χ3n) is 4.73. The Bertz CT molecular complexity index is 820. The summed E-state index contributed by atoms with van der Waals surface area (Å²) in [7, 11) is 0. The first-order valence-electron chi connectivity index (χ1n) is 9.03. The van der Waals surface area contributed by atoms with Crippen LogP contribution in [0.4, 0.5) is 10.5 Å². The van der Waals surface area contributed by atoms with E-state index in [0.717, 1.165) is 11.3 Å².